The number of nitrogens with zero attached hydrogens (tertiary/aromatic N) is 1. The SMILES string of the molecule is CCC(CCNC(=O)CCN1C(=O)CC(I)C1=O)OCCOCCNC(=O)OC1CC/C=C/CCC1. The van der Waals surface area contributed by atoms with Gasteiger partial charge in [0.15, 0.2) is 0 Å². The number of halogens is 1. The molecule has 0 aromatic carbocycles. The van der Waals surface area contributed by atoms with E-state index in [-0.39, 0.29) is 53.2 Å². The minimum Gasteiger partial charge on any atom is -0.446 e. The first kappa shape index (κ1) is 30.5. The molecule has 0 radical (unpaired) electrons. The molecular formula is C25H40IN3O7. The van der Waals surface area contributed by atoms with Crippen LogP contribution < -0.4 is 10.6 Å². The van der Waals surface area contributed by atoms with Gasteiger partial charge in [-0.05, 0) is 44.9 Å². The highest BCUT2D eigenvalue weighted by Gasteiger charge is 2.36. The Hall–Kier alpha value is -1.73. The smallest absolute Gasteiger partial charge is 0.407 e. The molecule has 0 aromatic rings. The molecule has 0 spiro atoms. The van der Waals surface area contributed by atoms with Gasteiger partial charge in [-0.25, -0.2) is 4.79 Å². The van der Waals surface area contributed by atoms with Gasteiger partial charge in [-0.3, -0.25) is 19.3 Å². The van der Waals surface area contributed by atoms with Crippen molar-refractivity contribution >= 4 is 46.4 Å². The van der Waals surface area contributed by atoms with Gasteiger partial charge in [-0.1, -0.05) is 41.7 Å². The quantitative estimate of drug-likeness (QED) is 0.0948. The first-order valence-corrected chi connectivity index (χ1v) is 14.2. The number of amides is 4. The largest absolute Gasteiger partial charge is 0.446 e. The molecule has 3 atom stereocenters. The molecule has 2 rings (SSSR count). The highest BCUT2D eigenvalue weighted by atomic mass is 127. The average Bonchev–Trinajstić information content (AvgIpc) is 3.07. The molecule has 2 aliphatic rings. The van der Waals surface area contributed by atoms with Crippen LogP contribution >= 0.6 is 22.6 Å². The van der Waals surface area contributed by atoms with Gasteiger partial charge in [-0.15, -0.1) is 0 Å². The van der Waals surface area contributed by atoms with Crippen molar-refractivity contribution in [3.63, 3.8) is 0 Å². The maximum absolute atomic E-state index is 12.0. The van der Waals surface area contributed by atoms with Crippen molar-refractivity contribution in [3.05, 3.63) is 12.2 Å². The molecule has 1 aliphatic carbocycles. The number of allylic oxidation sites excluding steroid dienone is 2. The zero-order chi connectivity index (χ0) is 26.2. The highest BCUT2D eigenvalue weighted by molar-refractivity contribution is 14.1. The van der Waals surface area contributed by atoms with Gasteiger partial charge >= 0.3 is 6.09 Å². The van der Waals surface area contributed by atoms with Crippen LogP contribution in [-0.2, 0) is 28.6 Å². The van der Waals surface area contributed by atoms with Crippen LogP contribution in [0.5, 0.6) is 0 Å². The molecule has 0 aromatic heterocycles. The minimum absolute atomic E-state index is 0.0119. The highest BCUT2D eigenvalue weighted by Crippen LogP contribution is 2.20. The Bertz CT molecular complexity index is 749. The van der Waals surface area contributed by atoms with Crippen molar-refractivity contribution in [2.75, 3.05) is 39.5 Å². The van der Waals surface area contributed by atoms with Crippen molar-refractivity contribution in [1.29, 1.82) is 0 Å². The maximum Gasteiger partial charge on any atom is 0.407 e. The summed E-state index contributed by atoms with van der Waals surface area (Å²) >= 11 is 1.95. The predicted molar refractivity (Wildman–Crippen MR) is 143 cm³/mol. The lowest BCUT2D eigenvalue weighted by Gasteiger charge is -2.19. The Labute approximate surface area is 227 Å². The predicted octanol–water partition coefficient (Wildman–Crippen LogP) is 2.87. The molecule has 0 bridgehead atoms. The molecular weight excluding hydrogens is 581 g/mol. The lowest BCUT2D eigenvalue weighted by molar-refractivity contribution is -0.138. The second-order valence-electron chi connectivity index (χ2n) is 8.89. The van der Waals surface area contributed by atoms with Crippen LogP contribution in [-0.4, -0.2) is 84.3 Å². The molecule has 10 nitrogen and oxygen atoms in total. The Kier molecular flexibility index (Phi) is 15.0. The third kappa shape index (κ3) is 12.0. The molecule has 0 saturated carbocycles. The fourth-order valence-electron chi connectivity index (χ4n) is 3.99. The molecule has 3 unspecified atom stereocenters. The normalized spacial score (nSPS) is 22.0. The molecule has 11 heteroatoms. The standard InChI is InChI=1S/C25H40IN3O7/c1-2-19(10-12-27-22(30)11-14-29-23(31)18-21(26)24(29)32)35-17-16-34-15-13-28-25(33)36-20-8-6-4-3-5-7-9-20/h3-4,19-21H,2,5-18H2,1H3,(H,27,30)(H,28,33)/b4-3+. The summed E-state index contributed by atoms with van der Waals surface area (Å²) in [6.07, 6.45) is 10.4. The number of ether oxygens (including phenoxy) is 3. The molecule has 4 amide bonds. The zero-order valence-corrected chi connectivity index (χ0v) is 23.3. The van der Waals surface area contributed by atoms with E-state index in [0.717, 1.165) is 38.5 Å². The van der Waals surface area contributed by atoms with Crippen LogP contribution in [0.1, 0.15) is 64.7 Å². The van der Waals surface area contributed by atoms with Crippen molar-refractivity contribution in [3.8, 4) is 0 Å². The van der Waals surface area contributed by atoms with Crippen LogP contribution in [0.25, 0.3) is 0 Å². The number of alkyl halides is 1. The number of hydrogen-bond donors (Lipinski definition) is 2. The van der Waals surface area contributed by atoms with Gasteiger partial charge in [0.25, 0.3) is 0 Å². The summed E-state index contributed by atoms with van der Waals surface area (Å²) < 4.78 is 16.5. The van der Waals surface area contributed by atoms with E-state index in [0.29, 0.717) is 39.3 Å². The van der Waals surface area contributed by atoms with Crippen molar-refractivity contribution < 1.29 is 33.4 Å². The van der Waals surface area contributed by atoms with E-state index in [2.05, 4.69) is 22.8 Å². The molecule has 204 valence electrons. The topological polar surface area (TPSA) is 123 Å². The molecule has 1 fully saturated rings. The fraction of sp³-hybridized carbons (Fsp3) is 0.760. The monoisotopic (exact) mass is 621 g/mol. The number of nitrogens with one attached hydrogen (secondary N) is 2. The van der Waals surface area contributed by atoms with E-state index in [9.17, 15) is 19.2 Å². The third-order valence-electron chi connectivity index (χ3n) is 6.08. The number of carbonyl (C=O) groups is 4. The van der Waals surface area contributed by atoms with E-state index in [4.69, 9.17) is 14.2 Å². The minimum atomic E-state index is -0.398. The number of alkyl carbamates (subject to hydrolysis) is 1. The summed E-state index contributed by atoms with van der Waals surface area (Å²) in [5.41, 5.74) is 0. The summed E-state index contributed by atoms with van der Waals surface area (Å²) in [5.74, 6) is -0.621. The van der Waals surface area contributed by atoms with Gasteiger partial charge in [0.1, 0.15) is 6.10 Å². The van der Waals surface area contributed by atoms with Gasteiger partial charge in [0, 0.05) is 32.5 Å². The summed E-state index contributed by atoms with van der Waals surface area (Å²) in [6.45, 7) is 4.17. The van der Waals surface area contributed by atoms with Crippen LogP contribution in [0.4, 0.5) is 4.79 Å². The number of rotatable bonds is 15. The lowest BCUT2D eigenvalue weighted by Crippen LogP contribution is -2.36. The Morgan fingerprint density at radius 2 is 1.92 bits per heavy atom. The van der Waals surface area contributed by atoms with Gasteiger partial charge in [-0.2, -0.15) is 0 Å². The molecule has 36 heavy (non-hydrogen) atoms. The number of carbonyl (C=O) groups excluding carboxylic acids is 4. The first-order valence-electron chi connectivity index (χ1n) is 12.9. The van der Waals surface area contributed by atoms with Gasteiger partial charge in [0.2, 0.25) is 17.7 Å². The number of imide groups is 1. The molecule has 2 N–H and O–H groups in total. The Morgan fingerprint density at radius 1 is 1.11 bits per heavy atom. The van der Waals surface area contributed by atoms with E-state index in [1.54, 1.807) is 0 Å². The van der Waals surface area contributed by atoms with Crippen LogP contribution in [0.3, 0.4) is 0 Å². The van der Waals surface area contributed by atoms with Crippen LogP contribution in [0.2, 0.25) is 0 Å². The summed E-state index contributed by atoms with van der Waals surface area (Å²) in [6, 6.07) is 0. The number of likely N-dealkylation sites (tertiary alicyclic amines) is 1. The van der Waals surface area contributed by atoms with E-state index in [1.165, 1.54) is 4.90 Å². The van der Waals surface area contributed by atoms with Gasteiger partial charge in [0.05, 0.1) is 29.8 Å². The Balaban J connectivity index is 1.45. The van der Waals surface area contributed by atoms with E-state index >= 15 is 0 Å². The number of hydrogen-bond acceptors (Lipinski definition) is 7. The van der Waals surface area contributed by atoms with Crippen LogP contribution in [0, 0.1) is 0 Å². The summed E-state index contributed by atoms with van der Waals surface area (Å²) in [7, 11) is 0. The lowest BCUT2D eigenvalue weighted by atomic mass is 10.0. The molecule has 1 saturated heterocycles. The molecule has 1 aliphatic heterocycles. The Morgan fingerprint density at radius 3 is 2.67 bits per heavy atom. The fourth-order valence-corrected chi connectivity index (χ4v) is 4.71. The third-order valence-corrected chi connectivity index (χ3v) is 7.06. The first-order chi connectivity index (χ1) is 17.4. The summed E-state index contributed by atoms with van der Waals surface area (Å²) in [5, 5.41) is 5.54. The van der Waals surface area contributed by atoms with Crippen LogP contribution in [0.15, 0.2) is 12.2 Å². The zero-order valence-electron chi connectivity index (χ0n) is 21.2. The van der Waals surface area contributed by atoms with Crippen molar-refractivity contribution in [2.45, 2.75) is 80.8 Å². The average molecular weight is 622 g/mol. The second kappa shape index (κ2) is 17.7. The second-order valence-corrected chi connectivity index (χ2v) is 10.4. The molecule has 1 heterocycles. The van der Waals surface area contributed by atoms with Gasteiger partial charge < -0.3 is 24.8 Å². The van der Waals surface area contributed by atoms with E-state index in [1.807, 2.05) is 29.5 Å². The van der Waals surface area contributed by atoms with Crippen molar-refractivity contribution in [1.82, 2.24) is 15.5 Å². The summed E-state index contributed by atoms with van der Waals surface area (Å²) in [4.78, 5) is 48.8. The maximum atomic E-state index is 12.0. The van der Waals surface area contributed by atoms with E-state index < -0.39 is 6.09 Å². The van der Waals surface area contributed by atoms with Crippen molar-refractivity contribution in [2.24, 2.45) is 0 Å².